The zero-order valence-electron chi connectivity index (χ0n) is 14.8. The molecule has 2 aromatic heterocycles. The summed E-state index contributed by atoms with van der Waals surface area (Å²) in [6, 6.07) is 10.8. The van der Waals surface area contributed by atoms with E-state index in [-0.39, 0.29) is 4.90 Å². The molecule has 27 heavy (non-hydrogen) atoms. The first kappa shape index (κ1) is 18.2. The number of nitrogens with zero attached hydrogens (tertiary/aromatic N) is 3. The Kier molecular flexibility index (Phi) is 4.53. The topological polar surface area (TPSA) is 89.2 Å². The number of benzene rings is 1. The van der Waals surface area contributed by atoms with Gasteiger partial charge in [0.25, 0.3) is 0 Å². The van der Waals surface area contributed by atoms with Crippen molar-refractivity contribution in [1.82, 2.24) is 14.9 Å². The first-order chi connectivity index (χ1) is 12.8. The molecule has 4 rings (SSSR count). The monoisotopic (exact) mass is 402 g/mol. The van der Waals surface area contributed by atoms with Crippen LogP contribution in [-0.4, -0.2) is 36.1 Å². The van der Waals surface area contributed by atoms with Crippen LogP contribution in [-0.2, 0) is 29.3 Å². The minimum atomic E-state index is -3.34. The van der Waals surface area contributed by atoms with Crippen LogP contribution in [0, 0.1) is 0 Å². The summed E-state index contributed by atoms with van der Waals surface area (Å²) in [5.74, 6) is 0.462. The van der Waals surface area contributed by atoms with E-state index in [2.05, 4.69) is 20.9 Å². The fourth-order valence-electron chi connectivity index (χ4n) is 3.46. The zero-order valence-corrected chi connectivity index (χ0v) is 16.4. The lowest BCUT2D eigenvalue weighted by atomic mass is 10.0. The molecule has 1 aromatic carbocycles. The zero-order chi connectivity index (χ0) is 19.2. The molecule has 8 heteroatoms. The Morgan fingerprint density at radius 1 is 1.19 bits per heavy atom. The van der Waals surface area contributed by atoms with Crippen molar-refractivity contribution in [2.75, 3.05) is 18.5 Å². The van der Waals surface area contributed by atoms with Crippen molar-refractivity contribution in [3.05, 3.63) is 58.2 Å². The lowest BCUT2D eigenvalue weighted by Gasteiger charge is -2.29. The predicted molar refractivity (Wildman–Crippen MR) is 106 cm³/mol. The lowest BCUT2D eigenvalue weighted by molar-refractivity contribution is 0.242. The van der Waals surface area contributed by atoms with E-state index in [1.54, 1.807) is 18.2 Å². The molecule has 0 spiro atoms. The molecule has 1 aliphatic rings. The number of fused-ring (bicyclic) bond motifs is 2. The second-order valence-corrected chi connectivity index (χ2v) is 9.28. The van der Waals surface area contributed by atoms with Gasteiger partial charge in [-0.15, -0.1) is 0 Å². The van der Waals surface area contributed by atoms with Crippen molar-refractivity contribution in [2.24, 2.45) is 0 Å². The number of nitrogen functional groups attached to an aromatic ring is 1. The maximum absolute atomic E-state index is 12.1. The Morgan fingerprint density at radius 3 is 2.78 bits per heavy atom. The quantitative estimate of drug-likeness (QED) is 0.724. The number of nitrogens with two attached hydrogens (primary N) is 1. The fourth-order valence-corrected chi connectivity index (χ4v) is 4.65. The van der Waals surface area contributed by atoms with E-state index in [1.807, 2.05) is 6.07 Å². The van der Waals surface area contributed by atoms with Gasteiger partial charge < -0.3 is 5.73 Å². The molecular formula is C19H19ClN4O2S. The van der Waals surface area contributed by atoms with E-state index in [9.17, 15) is 8.42 Å². The first-order valence-electron chi connectivity index (χ1n) is 8.55. The molecule has 3 heterocycles. The van der Waals surface area contributed by atoms with Crippen molar-refractivity contribution in [3.63, 3.8) is 0 Å². The third-order valence-electron chi connectivity index (χ3n) is 4.75. The molecule has 0 saturated heterocycles. The van der Waals surface area contributed by atoms with Crippen LogP contribution >= 0.6 is 11.6 Å². The Morgan fingerprint density at radius 2 is 2.00 bits per heavy atom. The smallest absolute Gasteiger partial charge is 0.175 e. The molecule has 0 amide bonds. The second kappa shape index (κ2) is 6.74. The highest BCUT2D eigenvalue weighted by Gasteiger charge is 2.21. The molecule has 0 unspecified atom stereocenters. The van der Waals surface area contributed by atoms with Crippen LogP contribution in [0.1, 0.15) is 16.8 Å². The first-order valence-corrected chi connectivity index (χ1v) is 10.8. The molecule has 1 aliphatic heterocycles. The van der Waals surface area contributed by atoms with Crippen molar-refractivity contribution in [3.8, 4) is 0 Å². The van der Waals surface area contributed by atoms with E-state index >= 15 is 0 Å². The fraction of sp³-hybridized carbons (Fsp3) is 0.263. The summed E-state index contributed by atoms with van der Waals surface area (Å²) in [6.07, 6.45) is 1.99. The third-order valence-corrected chi connectivity index (χ3v) is 6.16. The summed E-state index contributed by atoms with van der Waals surface area (Å²) in [5, 5.41) is 1.37. The highest BCUT2D eigenvalue weighted by atomic mass is 35.5. The van der Waals surface area contributed by atoms with Gasteiger partial charge >= 0.3 is 0 Å². The maximum atomic E-state index is 12.1. The SMILES string of the molecule is CS(=O)(=O)c1cc(Cl)ccc1CN1CCc2nc3nc(N)ccc3cc2C1. The van der Waals surface area contributed by atoms with Gasteiger partial charge in [-0.25, -0.2) is 18.4 Å². The van der Waals surface area contributed by atoms with E-state index in [0.717, 1.165) is 35.2 Å². The van der Waals surface area contributed by atoms with Gasteiger partial charge in [0.05, 0.1) is 4.90 Å². The summed E-state index contributed by atoms with van der Waals surface area (Å²) >= 11 is 6.00. The number of hydrogen-bond donors (Lipinski definition) is 1. The normalized spacial score (nSPS) is 15.0. The molecule has 0 aliphatic carbocycles. The van der Waals surface area contributed by atoms with Crippen molar-refractivity contribution >= 4 is 38.3 Å². The average molecular weight is 403 g/mol. The Labute approximate surface area is 162 Å². The number of aromatic nitrogens is 2. The maximum Gasteiger partial charge on any atom is 0.175 e. The number of hydrogen-bond acceptors (Lipinski definition) is 6. The van der Waals surface area contributed by atoms with Crippen LogP contribution < -0.4 is 5.73 Å². The van der Waals surface area contributed by atoms with Gasteiger partial charge in [-0.2, -0.15) is 0 Å². The Bertz CT molecular complexity index is 1150. The molecular weight excluding hydrogens is 384 g/mol. The highest BCUT2D eigenvalue weighted by Crippen LogP contribution is 2.26. The molecule has 6 nitrogen and oxygen atoms in total. The molecule has 3 aromatic rings. The number of anilines is 1. The van der Waals surface area contributed by atoms with Crippen molar-refractivity contribution < 1.29 is 8.42 Å². The van der Waals surface area contributed by atoms with Crippen LogP contribution in [0.25, 0.3) is 11.0 Å². The van der Waals surface area contributed by atoms with E-state index in [0.29, 0.717) is 29.6 Å². The van der Waals surface area contributed by atoms with Crippen LogP contribution in [0.2, 0.25) is 5.02 Å². The standard InChI is InChI=1S/C19H19ClN4O2S/c1-27(25,26)17-9-15(20)4-2-13(17)10-24-7-6-16-14(11-24)8-12-3-5-18(21)23-19(12)22-16/h2-5,8-9H,6-7,10-11H2,1H3,(H2,21,22,23). The number of rotatable bonds is 3. The van der Waals surface area contributed by atoms with E-state index in [4.69, 9.17) is 17.3 Å². The average Bonchev–Trinajstić information content (AvgIpc) is 2.60. The number of halogens is 1. The molecule has 140 valence electrons. The molecule has 0 atom stereocenters. The van der Waals surface area contributed by atoms with Crippen LogP contribution in [0.4, 0.5) is 5.82 Å². The van der Waals surface area contributed by atoms with Gasteiger partial charge in [0.1, 0.15) is 5.82 Å². The second-order valence-electron chi connectivity index (χ2n) is 6.86. The van der Waals surface area contributed by atoms with Crippen LogP contribution in [0.15, 0.2) is 41.3 Å². The summed E-state index contributed by atoms with van der Waals surface area (Å²) in [5.41, 5.74) is 9.33. The summed E-state index contributed by atoms with van der Waals surface area (Å²) < 4.78 is 24.2. The van der Waals surface area contributed by atoms with Gasteiger partial charge in [-0.3, -0.25) is 4.90 Å². The van der Waals surface area contributed by atoms with Gasteiger partial charge in [0, 0.05) is 48.4 Å². The summed E-state index contributed by atoms with van der Waals surface area (Å²) in [7, 11) is -3.34. The minimum absolute atomic E-state index is 0.289. The Hall–Kier alpha value is -2.22. The molecule has 2 N–H and O–H groups in total. The largest absolute Gasteiger partial charge is 0.384 e. The predicted octanol–water partition coefficient (Wildman–Crippen LogP) is 2.83. The van der Waals surface area contributed by atoms with E-state index < -0.39 is 9.84 Å². The van der Waals surface area contributed by atoms with Crippen molar-refractivity contribution in [2.45, 2.75) is 24.4 Å². The molecule has 0 bridgehead atoms. The molecule has 0 saturated carbocycles. The minimum Gasteiger partial charge on any atom is -0.384 e. The lowest BCUT2D eigenvalue weighted by Crippen LogP contribution is -2.31. The van der Waals surface area contributed by atoms with Gasteiger partial charge in [0.2, 0.25) is 0 Å². The molecule has 0 radical (unpaired) electrons. The highest BCUT2D eigenvalue weighted by molar-refractivity contribution is 7.90. The summed E-state index contributed by atoms with van der Waals surface area (Å²) in [6.45, 7) is 2.03. The van der Waals surface area contributed by atoms with Gasteiger partial charge in [-0.05, 0) is 41.5 Å². The van der Waals surface area contributed by atoms with E-state index in [1.165, 1.54) is 12.3 Å². The Balaban J connectivity index is 1.63. The van der Waals surface area contributed by atoms with Crippen molar-refractivity contribution in [1.29, 1.82) is 0 Å². The van der Waals surface area contributed by atoms with Crippen LogP contribution in [0.5, 0.6) is 0 Å². The van der Waals surface area contributed by atoms with Crippen LogP contribution in [0.3, 0.4) is 0 Å². The van der Waals surface area contributed by atoms with Gasteiger partial charge in [-0.1, -0.05) is 17.7 Å². The third kappa shape index (κ3) is 3.76. The van der Waals surface area contributed by atoms with Gasteiger partial charge in [0.15, 0.2) is 15.5 Å². The number of sulfone groups is 1. The molecule has 0 fully saturated rings. The number of pyridine rings is 2. The summed E-state index contributed by atoms with van der Waals surface area (Å²) in [4.78, 5) is 11.5.